The normalized spacial score (nSPS) is 12.1. The van der Waals surface area contributed by atoms with E-state index in [-0.39, 0.29) is 0 Å². The maximum absolute atomic E-state index is 5.92. The van der Waals surface area contributed by atoms with E-state index in [9.17, 15) is 0 Å². The molecule has 4 heteroatoms. The standard InChI is InChI=1S/C16H18ClN3.C2H6/c1-3-5-7-13(8-6-4-2)12-20-10-9-14-16(20)19-15(17)11-18-14;1-2/h3,5-11H,4,12H2,1-2H3;1-2H3/b5-3-,8-6-,13-7+;. The summed E-state index contributed by atoms with van der Waals surface area (Å²) in [5, 5.41) is 0.417. The van der Waals surface area contributed by atoms with Crippen LogP contribution in [-0.2, 0) is 6.54 Å². The van der Waals surface area contributed by atoms with Crippen LogP contribution in [0.25, 0.3) is 11.2 Å². The van der Waals surface area contributed by atoms with Gasteiger partial charge in [-0.3, -0.25) is 0 Å². The van der Waals surface area contributed by atoms with Gasteiger partial charge in [0.15, 0.2) is 5.65 Å². The molecule has 2 heterocycles. The minimum absolute atomic E-state index is 0.417. The third-order valence-electron chi connectivity index (χ3n) is 2.86. The Bertz CT molecular complexity index is 666. The van der Waals surface area contributed by atoms with Crippen molar-refractivity contribution in [3.63, 3.8) is 0 Å². The molecule has 0 radical (unpaired) electrons. The molecule has 2 rings (SSSR count). The fraction of sp³-hybridized carbons (Fsp3) is 0.333. The second kappa shape index (κ2) is 9.96. The number of rotatable bonds is 5. The lowest BCUT2D eigenvalue weighted by Crippen LogP contribution is -2.00. The molecule has 0 aliphatic carbocycles. The van der Waals surface area contributed by atoms with Gasteiger partial charge in [-0.15, -0.1) is 0 Å². The number of nitrogens with zero attached hydrogens (tertiary/aromatic N) is 3. The summed E-state index contributed by atoms with van der Waals surface area (Å²) in [6.45, 7) is 8.88. The van der Waals surface area contributed by atoms with Crippen molar-refractivity contribution in [3.05, 3.63) is 59.6 Å². The SMILES string of the molecule is CC.C\C=C/C=C(\C=C/CC)Cn1ccc2ncc(Cl)nc21. The van der Waals surface area contributed by atoms with Gasteiger partial charge in [-0.1, -0.05) is 62.8 Å². The molecule has 0 spiro atoms. The van der Waals surface area contributed by atoms with Crippen LogP contribution in [0.3, 0.4) is 0 Å². The van der Waals surface area contributed by atoms with Crippen molar-refractivity contribution < 1.29 is 0 Å². The van der Waals surface area contributed by atoms with Gasteiger partial charge in [0.25, 0.3) is 0 Å². The Morgan fingerprint density at radius 2 is 2.14 bits per heavy atom. The zero-order valence-corrected chi connectivity index (χ0v) is 14.5. The third kappa shape index (κ3) is 5.15. The van der Waals surface area contributed by atoms with E-state index in [4.69, 9.17) is 11.6 Å². The Labute approximate surface area is 138 Å². The van der Waals surface area contributed by atoms with Gasteiger partial charge in [-0.05, 0) is 25.0 Å². The van der Waals surface area contributed by atoms with Crippen LogP contribution in [0, 0.1) is 0 Å². The van der Waals surface area contributed by atoms with Crippen LogP contribution < -0.4 is 0 Å². The molecule has 0 fully saturated rings. The number of fused-ring (bicyclic) bond motifs is 1. The topological polar surface area (TPSA) is 30.7 Å². The molecule has 3 nitrogen and oxygen atoms in total. The molecule has 0 unspecified atom stereocenters. The van der Waals surface area contributed by atoms with Gasteiger partial charge < -0.3 is 4.57 Å². The average molecular weight is 318 g/mol. The quantitative estimate of drug-likeness (QED) is 0.674. The Hall–Kier alpha value is -1.87. The lowest BCUT2D eigenvalue weighted by Gasteiger charge is -2.05. The van der Waals surface area contributed by atoms with Crippen molar-refractivity contribution >= 4 is 22.8 Å². The van der Waals surface area contributed by atoms with E-state index in [1.807, 2.05) is 45.2 Å². The summed E-state index contributed by atoms with van der Waals surface area (Å²) < 4.78 is 2.06. The van der Waals surface area contributed by atoms with Gasteiger partial charge >= 0.3 is 0 Å². The molecule has 0 amide bonds. The van der Waals surface area contributed by atoms with E-state index < -0.39 is 0 Å². The summed E-state index contributed by atoms with van der Waals surface area (Å²) in [7, 11) is 0. The largest absolute Gasteiger partial charge is 0.327 e. The second-order valence-corrected chi connectivity index (χ2v) is 4.81. The van der Waals surface area contributed by atoms with Crippen LogP contribution in [0.1, 0.15) is 34.1 Å². The summed E-state index contributed by atoms with van der Waals surface area (Å²) in [5.41, 5.74) is 2.89. The fourth-order valence-corrected chi connectivity index (χ4v) is 2.03. The molecule has 0 N–H and O–H groups in total. The van der Waals surface area contributed by atoms with Crippen LogP contribution >= 0.6 is 11.6 Å². The zero-order chi connectivity index (χ0) is 16.4. The molecule has 0 saturated carbocycles. The molecule has 0 atom stereocenters. The van der Waals surface area contributed by atoms with Crippen LogP contribution in [0.15, 0.2) is 54.4 Å². The lowest BCUT2D eigenvalue weighted by molar-refractivity contribution is 0.823. The van der Waals surface area contributed by atoms with E-state index in [1.54, 1.807) is 6.20 Å². The highest BCUT2D eigenvalue weighted by Crippen LogP contribution is 2.16. The first-order valence-electron chi connectivity index (χ1n) is 7.70. The third-order valence-corrected chi connectivity index (χ3v) is 3.04. The highest BCUT2D eigenvalue weighted by atomic mass is 35.5. The van der Waals surface area contributed by atoms with Crippen molar-refractivity contribution in [1.82, 2.24) is 14.5 Å². The van der Waals surface area contributed by atoms with Crippen molar-refractivity contribution in [3.8, 4) is 0 Å². The zero-order valence-electron chi connectivity index (χ0n) is 13.8. The Morgan fingerprint density at radius 1 is 1.36 bits per heavy atom. The van der Waals surface area contributed by atoms with Crippen molar-refractivity contribution in [2.24, 2.45) is 0 Å². The van der Waals surface area contributed by atoms with E-state index in [1.165, 1.54) is 5.57 Å². The lowest BCUT2D eigenvalue weighted by atomic mass is 10.2. The molecule has 0 bridgehead atoms. The molecule has 2 aromatic heterocycles. The molecular weight excluding hydrogens is 294 g/mol. The van der Waals surface area contributed by atoms with E-state index in [2.05, 4.69) is 39.7 Å². The van der Waals surface area contributed by atoms with E-state index in [0.717, 1.165) is 24.1 Å². The first-order valence-corrected chi connectivity index (χ1v) is 8.08. The van der Waals surface area contributed by atoms with Crippen molar-refractivity contribution in [1.29, 1.82) is 0 Å². The molecule has 0 aliphatic rings. The summed E-state index contributed by atoms with van der Waals surface area (Å²) >= 11 is 5.92. The maximum Gasteiger partial charge on any atom is 0.160 e. The average Bonchev–Trinajstić information content (AvgIpc) is 2.94. The van der Waals surface area contributed by atoms with Crippen LogP contribution in [-0.4, -0.2) is 14.5 Å². The number of aromatic nitrogens is 3. The van der Waals surface area contributed by atoms with Gasteiger partial charge in [0.1, 0.15) is 10.7 Å². The maximum atomic E-state index is 5.92. The van der Waals surface area contributed by atoms with Gasteiger partial charge in [0.2, 0.25) is 0 Å². The smallest absolute Gasteiger partial charge is 0.160 e. The molecule has 0 saturated heterocycles. The second-order valence-electron chi connectivity index (χ2n) is 4.42. The van der Waals surface area contributed by atoms with Gasteiger partial charge in [-0.25, -0.2) is 9.97 Å². The Kier molecular flexibility index (Phi) is 8.23. The predicted molar refractivity (Wildman–Crippen MR) is 96.2 cm³/mol. The Morgan fingerprint density at radius 3 is 2.82 bits per heavy atom. The first-order chi connectivity index (χ1) is 10.7. The first kappa shape index (κ1) is 18.2. The highest BCUT2D eigenvalue weighted by Gasteiger charge is 2.05. The minimum Gasteiger partial charge on any atom is -0.327 e. The van der Waals surface area contributed by atoms with Gasteiger partial charge in [0, 0.05) is 12.7 Å². The minimum atomic E-state index is 0.417. The summed E-state index contributed by atoms with van der Waals surface area (Å²) in [4.78, 5) is 8.61. The van der Waals surface area contributed by atoms with Gasteiger partial charge in [0.05, 0.1) is 6.20 Å². The number of hydrogen-bond donors (Lipinski definition) is 0. The summed E-state index contributed by atoms with van der Waals surface area (Å²) in [5.74, 6) is 0. The number of hydrogen-bond acceptors (Lipinski definition) is 2. The predicted octanol–water partition coefficient (Wildman–Crippen LogP) is 5.58. The van der Waals surface area contributed by atoms with Crippen LogP contribution in [0.5, 0.6) is 0 Å². The van der Waals surface area contributed by atoms with E-state index in [0.29, 0.717) is 5.15 Å². The summed E-state index contributed by atoms with van der Waals surface area (Å²) in [6, 6.07) is 1.95. The molecule has 118 valence electrons. The molecular formula is C18H24ClN3. The van der Waals surface area contributed by atoms with Crippen LogP contribution in [0.4, 0.5) is 0 Å². The van der Waals surface area contributed by atoms with Gasteiger partial charge in [-0.2, -0.15) is 0 Å². The van der Waals surface area contributed by atoms with Crippen molar-refractivity contribution in [2.45, 2.75) is 40.7 Å². The molecule has 2 aromatic rings. The summed E-state index contributed by atoms with van der Waals surface area (Å²) in [6.07, 6.45) is 15.0. The monoisotopic (exact) mass is 317 g/mol. The van der Waals surface area contributed by atoms with Crippen LogP contribution in [0.2, 0.25) is 5.15 Å². The number of halogens is 1. The molecule has 0 aromatic carbocycles. The molecule has 22 heavy (non-hydrogen) atoms. The fourth-order valence-electron chi connectivity index (χ4n) is 1.90. The van der Waals surface area contributed by atoms with E-state index >= 15 is 0 Å². The molecule has 0 aliphatic heterocycles. The highest BCUT2D eigenvalue weighted by molar-refractivity contribution is 6.29. The van der Waals surface area contributed by atoms with Crippen molar-refractivity contribution in [2.75, 3.05) is 0 Å². The Balaban J connectivity index is 0.00000116. The number of allylic oxidation sites excluding steroid dienone is 6.